The summed E-state index contributed by atoms with van der Waals surface area (Å²) < 4.78 is 27.5. The number of nitrogens with one attached hydrogen (secondary N) is 2. The van der Waals surface area contributed by atoms with Crippen LogP contribution in [0.25, 0.3) is 10.9 Å². The summed E-state index contributed by atoms with van der Waals surface area (Å²) in [5.41, 5.74) is 1.60. The molecule has 152 valence electrons. The van der Waals surface area contributed by atoms with Gasteiger partial charge in [-0.2, -0.15) is 9.40 Å². The Bertz CT molecular complexity index is 1130. The summed E-state index contributed by atoms with van der Waals surface area (Å²) in [6.45, 7) is 5.24. The van der Waals surface area contributed by atoms with Crippen LogP contribution in [0.1, 0.15) is 30.8 Å². The van der Waals surface area contributed by atoms with Gasteiger partial charge in [-0.15, -0.1) is 0 Å². The second kappa shape index (κ2) is 7.61. The fraction of sp³-hybridized carbons (Fsp3) is 0.333. The van der Waals surface area contributed by atoms with E-state index in [0.717, 1.165) is 17.3 Å². The van der Waals surface area contributed by atoms with Gasteiger partial charge in [0.2, 0.25) is 10.0 Å². The molecule has 29 heavy (non-hydrogen) atoms. The van der Waals surface area contributed by atoms with E-state index in [1.54, 1.807) is 16.4 Å². The number of aromatic nitrogens is 2. The summed E-state index contributed by atoms with van der Waals surface area (Å²) in [5.74, 6) is 0.336. The average molecular weight is 413 g/mol. The number of H-pyrrole nitrogens is 1. The van der Waals surface area contributed by atoms with E-state index in [0.29, 0.717) is 36.3 Å². The molecular formula is C21H24N4O3S. The van der Waals surface area contributed by atoms with Crippen molar-refractivity contribution >= 4 is 32.5 Å². The predicted octanol–water partition coefficient (Wildman–Crippen LogP) is 3.48. The lowest BCUT2D eigenvalue weighted by Gasteiger charge is -2.34. The minimum atomic E-state index is -3.54. The van der Waals surface area contributed by atoms with Gasteiger partial charge < -0.3 is 5.32 Å². The molecule has 1 aliphatic heterocycles. The normalized spacial score (nSPS) is 20.6. The van der Waals surface area contributed by atoms with Gasteiger partial charge in [0.1, 0.15) is 0 Å². The number of para-hydroxylation sites is 1. The molecule has 2 aromatic carbocycles. The van der Waals surface area contributed by atoms with Crippen LogP contribution in [0.4, 0.5) is 5.69 Å². The molecule has 0 spiro atoms. The summed E-state index contributed by atoms with van der Waals surface area (Å²) in [7, 11) is -3.54. The number of aromatic amines is 1. The summed E-state index contributed by atoms with van der Waals surface area (Å²) in [5, 5.41) is 10.4. The first-order valence-corrected chi connectivity index (χ1v) is 11.1. The Morgan fingerprint density at radius 1 is 1.07 bits per heavy atom. The summed E-state index contributed by atoms with van der Waals surface area (Å²) in [4.78, 5) is 12.8. The number of anilines is 1. The molecule has 8 heteroatoms. The minimum Gasteiger partial charge on any atom is -0.321 e. The van der Waals surface area contributed by atoms with Crippen LogP contribution in [-0.4, -0.2) is 41.9 Å². The Balaban J connectivity index is 1.51. The van der Waals surface area contributed by atoms with Gasteiger partial charge in [0.25, 0.3) is 5.91 Å². The van der Waals surface area contributed by atoms with Gasteiger partial charge in [-0.3, -0.25) is 9.89 Å². The van der Waals surface area contributed by atoms with Crippen molar-refractivity contribution in [2.75, 3.05) is 18.4 Å². The summed E-state index contributed by atoms with van der Waals surface area (Å²) >= 11 is 0. The third kappa shape index (κ3) is 3.90. The molecule has 1 saturated heterocycles. The number of hydrogen-bond acceptors (Lipinski definition) is 4. The fourth-order valence-corrected chi connectivity index (χ4v) is 5.67. The molecule has 0 radical (unpaired) electrons. The molecule has 1 aromatic heterocycles. The molecule has 1 aliphatic rings. The lowest BCUT2D eigenvalue weighted by molar-refractivity contribution is 0.102. The number of sulfonamides is 1. The van der Waals surface area contributed by atoms with Crippen molar-refractivity contribution in [2.45, 2.75) is 25.2 Å². The summed E-state index contributed by atoms with van der Waals surface area (Å²) in [6.07, 6.45) is 1.04. The van der Waals surface area contributed by atoms with Crippen LogP contribution in [0.5, 0.6) is 0 Å². The molecule has 2 N–H and O–H groups in total. The van der Waals surface area contributed by atoms with E-state index in [1.807, 2.05) is 24.3 Å². The van der Waals surface area contributed by atoms with E-state index < -0.39 is 10.0 Å². The van der Waals surface area contributed by atoms with Gasteiger partial charge in [0, 0.05) is 24.2 Å². The smallest absolute Gasteiger partial charge is 0.276 e. The highest BCUT2D eigenvalue weighted by Gasteiger charge is 2.31. The second-order valence-electron chi connectivity index (χ2n) is 7.86. The van der Waals surface area contributed by atoms with Crippen molar-refractivity contribution in [3.8, 4) is 0 Å². The standard InChI is InChI=1S/C21H24N4O3S/c1-14-11-15(2)13-25(12-14)29(27,28)17-9-7-16(8-10-17)22-21(26)20-18-5-3-4-6-19(18)23-24-20/h3-10,14-15H,11-13H2,1-2H3,(H,22,26)(H,23,24)/t14-,15-/m1/s1. The highest BCUT2D eigenvalue weighted by molar-refractivity contribution is 7.89. The first-order valence-electron chi connectivity index (χ1n) is 9.69. The quantitative estimate of drug-likeness (QED) is 0.686. The van der Waals surface area contributed by atoms with Crippen molar-refractivity contribution in [1.82, 2.24) is 14.5 Å². The van der Waals surface area contributed by atoms with Crippen LogP contribution < -0.4 is 5.32 Å². The highest BCUT2D eigenvalue weighted by Crippen LogP contribution is 2.27. The lowest BCUT2D eigenvalue weighted by Crippen LogP contribution is -2.42. The first-order chi connectivity index (χ1) is 13.8. The highest BCUT2D eigenvalue weighted by atomic mass is 32.2. The maximum atomic E-state index is 13.0. The van der Waals surface area contributed by atoms with Crippen LogP contribution in [-0.2, 0) is 10.0 Å². The molecule has 0 saturated carbocycles. The van der Waals surface area contributed by atoms with Crippen molar-refractivity contribution in [3.63, 3.8) is 0 Å². The second-order valence-corrected chi connectivity index (χ2v) is 9.80. The van der Waals surface area contributed by atoms with Crippen LogP contribution >= 0.6 is 0 Å². The zero-order chi connectivity index (χ0) is 20.6. The maximum absolute atomic E-state index is 13.0. The maximum Gasteiger partial charge on any atom is 0.276 e. The van der Waals surface area contributed by atoms with Crippen LogP contribution in [0.3, 0.4) is 0 Å². The molecule has 4 rings (SSSR count). The van der Waals surface area contributed by atoms with Gasteiger partial charge in [0.05, 0.1) is 10.4 Å². The zero-order valence-electron chi connectivity index (χ0n) is 16.4. The monoisotopic (exact) mass is 412 g/mol. The number of carbonyl (C=O) groups excluding carboxylic acids is 1. The Kier molecular flexibility index (Phi) is 5.14. The minimum absolute atomic E-state index is 0.238. The SMILES string of the molecule is C[C@@H]1C[C@@H](C)CN(S(=O)(=O)c2ccc(NC(=O)c3n[nH]c4ccccc34)cc2)C1. The van der Waals surface area contributed by atoms with Gasteiger partial charge >= 0.3 is 0 Å². The van der Waals surface area contributed by atoms with Crippen LogP contribution in [0, 0.1) is 11.8 Å². The molecule has 0 bridgehead atoms. The van der Waals surface area contributed by atoms with Crippen molar-refractivity contribution in [2.24, 2.45) is 11.8 Å². The predicted molar refractivity (Wildman–Crippen MR) is 112 cm³/mol. The number of carbonyl (C=O) groups is 1. The largest absolute Gasteiger partial charge is 0.321 e. The van der Waals surface area contributed by atoms with E-state index >= 15 is 0 Å². The third-order valence-electron chi connectivity index (χ3n) is 5.27. The van der Waals surface area contributed by atoms with Gasteiger partial charge in [-0.25, -0.2) is 8.42 Å². The number of benzene rings is 2. The lowest BCUT2D eigenvalue weighted by atomic mass is 9.94. The number of piperidine rings is 1. The van der Waals surface area contributed by atoms with Crippen molar-refractivity contribution in [1.29, 1.82) is 0 Å². The molecule has 1 amide bonds. The molecule has 0 aliphatic carbocycles. The number of amides is 1. The van der Waals surface area contributed by atoms with Crippen LogP contribution in [0.2, 0.25) is 0 Å². The fourth-order valence-electron chi connectivity index (χ4n) is 3.99. The Morgan fingerprint density at radius 3 is 2.41 bits per heavy atom. The Labute approximate surface area is 170 Å². The molecule has 7 nitrogen and oxygen atoms in total. The average Bonchev–Trinajstić information content (AvgIpc) is 3.12. The number of fused-ring (bicyclic) bond motifs is 1. The molecule has 1 fully saturated rings. The van der Waals surface area contributed by atoms with E-state index in [-0.39, 0.29) is 10.8 Å². The molecular weight excluding hydrogens is 388 g/mol. The van der Waals surface area contributed by atoms with E-state index in [9.17, 15) is 13.2 Å². The van der Waals surface area contributed by atoms with Crippen LogP contribution in [0.15, 0.2) is 53.4 Å². The van der Waals surface area contributed by atoms with E-state index in [2.05, 4.69) is 29.4 Å². The van der Waals surface area contributed by atoms with Crippen molar-refractivity contribution < 1.29 is 13.2 Å². The van der Waals surface area contributed by atoms with E-state index in [1.165, 1.54) is 12.1 Å². The third-order valence-corrected chi connectivity index (χ3v) is 7.12. The Hall–Kier alpha value is -2.71. The van der Waals surface area contributed by atoms with Crippen molar-refractivity contribution in [3.05, 3.63) is 54.2 Å². The Morgan fingerprint density at radius 2 is 1.72 bits per heavy atom. The summed E-state index contributed by atoms with van der Waals surface area (Å²) in [6, 6.07) is 13.7. The molecule has 2 heterocycles. The number of nitrogens with zero attached hydrogens (tertiary/aromatic N) is 2. The molecule has 3 aromatic rings. The van der Waals surface area contributed by atoms with Gasteiger partial charge in [0.15, 0.2) is 5.69 Å². The zero-order valence-corrected chi connectivity index (χ0v) is 17.2. The number of rotatable bonds is 4. The van der Waals surface area contributed by atoms with Gasteiger partial charge in [-0.1, -0.05) is 32.0 Å². The van der Waals surface area contributed by atoms with Gasteiger partial charge in [-0.05, 0) is 48.6 Å². The first kappa shape index (κ1) is 19.6. The molecule has 0 unspecified atom stereocenters. The van der Waals surface area contributed by atoms with E-state index in [4.69, 9.17) is 0 Å². The molecule has 2 atom stereocenters. The topological polar surface area (TPSA) is 95.2 Å². The number of hydrogen-bond donors (Lipinski definition) is 2.